The Morgan fingerprint density at radius 1 is 1.32 bits per heavy atom. The van der Waals surface area contributed by atoms with Gasteiger partial charge in [0.1, 0.15) is 18.5 Å². The number of aromatic nitrogens is 3. The van der Waals surface area contributed by atoms with Crippen molar-refractivity contribution in [1.82, 2.24) is 25.0 Å². The number of hydrogen-bond donors (Lipinski definition) is 1. The van der Waals surface area contributed by atoms with E-state index in [1.807, 2.05) is 19.1 Å². The highest BCUT2D eigenvalue weighted by Gasteiger charge is 2.25. The molecule has 1 N–H and O–H groups in total. The molecule has 1 aromatic heterocycles. The number of amides is 1. The molecule has 0 radical (unpaired) electrons. The van der Waals surface area contributed by atoms with Gasteiger partial charge in [0, 0.05) is 19.0 Å². The smallest absolute Gasteiger partial charge is 0.223 e. The number of carbonyl (C=O) groups excluding carboxylic acids is 1. The summed E-state index contributed by atoms with van der Waals surface area (Å²) in [5.74, 6) is -0.0277. The number of hydrogen-bond acceptors (Lipinski definition) is 4. The minimum atomic E-state index is -0.209. The molecule has 25 heavy (non-hydrogen) atoms. The quantitative estimate of drug-likeness (QED) is 0.870. The molecular weight excluding hydrogens is 321 g/mol. The van der Waals surface area contributed by atoms with Crippen molar-refractivity contribution in [2.75, 3.05) is 19.6 Å². The summed E-state index contributed by atoms with van der Waals surface area (Å²) in [5.41, 5.74) is 1.10. The molecule has 2 aromatic rings. The number of rotatable bonds is 6. The molecule has 1 amide bonds. The molecule has 1 aliphatic rings. The fraction of sp³-hybridized carbons (Fsp3) is 0.500. The number of carbonyl (C=O) groups is 1. The van der Waals surface area contributed by atoms with Crippen molar-refractivity contribution < 1.29 is 9.18 Å². The lowest BCUT2D eigenvalue weighted by molar-refractivity contribution is -0.126. The molecule has 1 unspecified atom stereocenters. The third-order valence-electron chi connectivity index (χ3n) is 4.74. The largest absolute Gasteiger partial charge is 0.354 e. The molecule has 7 heteroatoms. The molecule has 1 aliphatic heterocycles. The van der Waals surface area contributed by atoms with Gasteiger partial charge in [-0.3, -0.25) is 9.69 Å². The van der Waals surface area contributed by atoms with E-state index in [1.165, 1.54) is 18.5 Å². The summed E-state index contributed by atoms with van der Waals surface area (Å²) >= 11 is 0. The van der Waals surface area contributed by atoms with Crippen LogP contribution in [0, 0.1) is 11.7 Å². The van der Waals surface area contributed by atoms with Crippen LogP contribution in [0.25, 0.3) is 0 Å². The summed E-state index contributed by atoms with van der Waals surface area (Å²) in [6.45, 7) is 5.12. The first kappa shape index (κ1) is 17.5. The van der Waals surface area contributed by atoms with Crippen LogP contribution in [0.4, 0.5) is 4.39 Å². The van der Waals surface area contributed by atoms with Crippen LogP contribution in [0.5, 0.6) is 0 Å². The Kier molecular flexibility index (Phi) is 5.75. The first-order valence-corrected chi connectivity index (χ1v) is 8.70. The zero-order valence-electron chi connectivity index (χ0n) is 14.4. The number of likely N-dealkylation sites (tertiary alicyclic amines) is 1. The average Bonchev–Trinajstić information content (AvgIpc) is 3.17. The van der Waals surface area contributed by atoms with Crippen molar-refractivity contribution in [3.63, 3.8) is 0 Å². The lowest BCUT2D eigenvalue weighted by Gasteiger charge is -2.31. The number of benzene rings is 1. The molecule has 134 valence electrons. The molecule has 1 atom stereocenters. The van der Waals surface area contributed by atoms with Crippen LogP contribution in [0.2, 0.25) is 0 Å². The molecular formula is C18H24FN5O. The Bertz CT molecular complexity index is 665. The zero-order chi connectivity index (χ0) is 17.6. The fourth-order valence-electron chi connectivity index (χ4n) is 3.13. The number of piperidine rings is 1. The predicted molar refractivity (Wildman–Crippen MR) is 92.1 cm³/mol. The van der Waals surface area contributed by atoms with Crippen LogP contribution < -0.4 is 5.32 Å². The monoisotopic (exact) mass is 345 g/mol. The van der Waals surface area contributed by atoms with E-state index in [2.05, 4.69) is 20.3 Å². The van der Waals surface area contributed by atoms with Crippen molar-refractivity contribution in [2.24, 2.45) is 5.92 Å². The lowest BCUT2D eigenvalue weighted by atomic mass is 9.95. The number of halogens is 1. The van der Waals surface area contributed by atoms with Gasteiger partial charge < -0.3 is 5.32 Å². The Morgan fingerprint density at radius 3 is 2.68 bits per heavy atom. The summed E-state index contributed by atoms with van der Waals surface area (Å²) in [6.07, 6.45) is 4.86. The van der Waals surface area contributed by atoms with Gasteiger partial charge in [0.05, 0.1) is 6.04 Å². The normalized spacial score (nSPS) is 17.4. The highest BCUT2D eigenvalue weighted by atomic mass is 19.1. The van der Waals surface area contributed by atoms with Crippen molar-refractivity contribution in [1.29, 1.82) is 0 Å². The molecule has 0 bridgehead atoms. The molecule has 0 aliphatic carbocycles. The SMILES string of the molecule is CC(CNC(=O)C1CCN(Cc2ccc(F)cc2)CC1)n1cncn1. The molecule has 6 nitrogen and oxygen atoms in total. The van der Waals surface area contributed by atoms with E-state index in [-0.39, 0.29) is 23.7 Å². The van der Waals surface area contributed by atoms with Crippen molar-refractivity contribution in [3.8, 4) is 0 Å². The first-order valence-electron chi connectivity index (χ1n) is 8.70. The standard InChI is InChI=1S/C18H24FN5O/c1-14(24-13-20-12-22-24)10-21-18(25)16-6-8-23(9-7-16)11-15-2-4-17(19)5-3-15/h2-5,12-14,16H,6-11H2,1H3,(H,21,25). The predicted octanol–water partition coefficient (Wildman–Crippen LogP) is 2.01. The van der Waals surface area contributed by atoms with E-state index in [9.17, 15) is 9.18 Å². The molecule has 2 heterocycles. The minimum absolute atomic E-state index is 0.0624. The van der Waals surface area contributed by atoms with Crippen molar-refractivity contribution >= 4 is 5.91 Å². The topological polar surface area (TPSA) is 63.1 Å². The van der Waals surface area contributed by atoms with E-state index in [4.69, 9.17) is 0 Å². The Labute approximate surface area is 147 Å². The maximum Gasteiger partial charge on any atom is 0.223 e. The van der Waals surface area contributed by atoms with Gasteiger partial charge in [0.15, 0.2) is 0 Å². The zero-order valence-corrected chi connectivity index (χ0v) is 14.4. The molecule has 1 aromatic carbocycles. The van der Waals surface area contributed by atoms with Gasteiger partial charge in [-0.25, -0.2) is 14.1 Å². The van der Waals surface area contributed by atoms with E-state index in [0.717, 1.165) is 38.0 Å². The van der Waals surface area contributed by atoms with Crippen LogP contribution in [0.1, 0.15) is 31.4 Å². The van der Waals surface area contributed by atoms with Crippen LogP contribution in [-0.4, -0.2) is 45.2 Å². The maximum atomic E-state index is 13.0. The van der Waals surface area contributed by atoms with Crippen molar-refractivity contribution in [3.05, 3.63) is 48.3 Å². The Morgan fingerprint density at radius 2 is 2.04 bits per heavy atom. The summed E-state index contributed by atoms with van der Waals surface area (Å²) in [5, 5.41) is 7.11. The van der Waals surface area contributed by atoms with Crippen LogP contribution in [0.3, 0.4) is 0 Å². The second kappa shape index (κ2) is 8.20. The summed E-state index contributed by atoms with van der Waals surface area (Å²) in [7, 11) is 0. The highest BCUT2D eigenvalue weighted by molar-refractivity contribution is 5.78. The molecule has 3 rings (SSSR count). The molecule has 1 fully saturated rings. The van der Waals surface area contributed by atoms with Gasteiger partial charge in [0.25, 0.3) is 0 Å². The molecule has 0 saturated carbocycles. The Hall–Kier alpha value is -2.28. The van der Waals surface area contributed by atoms with Gasteiger partial charge in [-0.2, -0.15) is 5.10 Å². The maximum absolute atomic E-state index is 13.0. The third-order valence-corrected chi connectivity index (χ3v) is 4.74. The van der Waals surface area contributed by atoms with Crippen molar-refractivity contribution in [2.45, 2.75) is 32.4 Å². The first-order chi connectivity index (χ1) is 12.1. The van der Waals surface area contributed by atoms with E-state index in [1.54, 1.807) is 11.0 Å². The fourth-order valence-corrected chi connectivity index (χ4v) is 3.13. The molecule has 1 saturated heterocycles. The average molecular weight is 345 g/mol. The highest BCUT2D eigenvalue weighted by Crippen LogP contribution is 2.19. The summed E-state index contributed by atoms with van der Waals surface area (Å²) in [6, 6.07) is 6.71. The summed E-state index contributed by atoms with van der Waals surface area (Å²) in [4.78, 5) is 18.6. The third kappa shape index (κ3) is 4.85. The van der Waals surface area contributed by atoms with Crippen LogP contribution in [0.15, 0.2) is 36.9 Å². The van der Waals surface area contributed by atoms with Gasteiger partial charge >= 0.3 is 0 Å². The van der Waals surface area contributed by atoms with E-state index >= 15 is 0 Å². The lowest BCUT2D eigenvalue weighted by Crippen LogP contribution is -2.41. The van der Waals surface area contributed by atoms with Gasteiger partial charge in [0.2, 0.25) is 5.91 Å². The molecule has 0 spiro atoms. The Balaban J connectivity index is 1.40. The summed E-state index contributed by atoms with van der Waals surface area (Å²) < 4.78 is 14.7. The second-order valence-electron chi connectivity index (χ2n) is 6.65. The minimum Gasteiger partial charge on any atom is -0.354 e. The second-order valence-corrected chi connectivity index (χ2v) is 6.65. The van der Waals surface area contributed by atoms with E-state index < -0.39 is 0 Å². The van der Waals surface area contributed by atoms with Gasteiger partial charge in [-0.1, -0.05) is 12.1 Å². The van der Waals surface area contributed by atoms with Gasteiger partial charge in [-0.15, -0.1) is 0 Å². The van der Waals surface area contributed by atoms with Gasteiger partial charge in [-0.05, 0) is 50.6 Å². The number of nitrogens with one attached hydrogen (secondary N) is 1. The van der Waals surface area contributed by atoms with E-state index in [0.29, 0.717) is 6.54 Å². The van der Waals surface area contributed by atoms with Crippen LogP contribution >= 0.6 is 0 Å². The van der Waals surface area contributed by atoms with Crippen LogP contribution in [-0.2, 0) is 11.3 Å². The number of nitrogens with zero attached hydrogens (tertiary/aromatic N) is 4.